The quantitative estimate of drug-likeness (QED) is 0.287. The van der Waals surface area contributed by atoms with Gasteiger partial charge in [0.05, 0.1) is 28.5 Å². The number of rotatable bonds is 4. The van der Waals surface area contributed by atoms with E-state index in [1.807, 2.05) is 24.3 Å². The Labute approximate surface area is 212 Å². The van der Waals surface area contributed by atoms with E-state index in [4.69, 9.17) is 11.6 Å². The van der Waals surface area contributed by atoms with E-state index in [-0.39, 0.29) is 52.7 Å². The second-order valence-corrected chi connectivity index (χ2v) is 8.46. The monoisotopic (exact) mass is 458 g/mol. The van der Waals surface area contributed by atoms with E-state index in [0.29, 0.717) is 21.8 Å². The van der Waals surface area contributed by atoms with Gasteiger partial charge < -0.3 is 15.5 Å². The Balaban J connectivity index is 0.00000245. The van der Waals surface area contributed by atoms with Crippen LogP contribution in [-0.4, -0.2) is 52.3 Å². The minimum atomic E-state index is -0.614. The molecule has 0 bridgehead atoms. The molecule has 1 saturated carbocycles. The molecule has 0 atom stereocenters. The maximum Gasteiger partial charge on any atom is 0.260 e. The molecule has 7 heteroatoms. The number of carbonyl (C=O) groups is 1. The van der Waals surface area contributed by atoms with Crippen LogP contribution in [0.25, 0.3) is 22.5 Å². The summed E-state index contributed by atoms with van der Waals surface area (Å²) < 4.78 is 14.2. The van der Waals surface area contributed by atoms with E-state index >= 15 is 0 Å². The molecule has 1 aliphatic heterocycles. The molecule has 0 saturated heterocycles. The molecule has 0 unspecified atom stereocenters. The Morgan fingerprint density at radius 3 is 2.38 bits per heavy atom. The van der Waals surface area contributed by atoms with E-state index in [1.54, 1.807) is 18.2 Å². The largest absolute Gasteiger partial charge is 0.506 e. The molecule has 1 radical (unpaired) electrons. The first kappa shape index (κ1) is 23.0. The third kappa shape index (κ3) is 3.78. The summed E-state index contributed by atoms with van der Waals surface area (Å²) in [5.41, 5.74) is 3.38. The van der Waals surface area contributed by atoms with E-state index in [0.717, 1.165) is 24.0 Å². The second-order valence-electron chi connectivity index (χ2n) is 8.05. The van der Waals surface area contributed by atoms with Gasteiger partial charge in [0, 0.05) is 46.1 Å². The van der Waals surface area contributed by atoms with Crippen LogP contribution in [0.4, 0.5) is 10.1 Å². The Morgan fingerprint density at radius 1 is 1.06 bits per heavy atom. The number of hydrogen-bond acceptors (Lipinski definition) is 3. The van der Waals surface area contributed by atoms with Gasteiger partial charge in [-0.3, -0.25) is 4.79 Å². The first-order valence-electron chi connectivity index (χ1n) is 9.99. The Bertz CT molecular complexity index is 1250. The van der Waals surface area contributed by atoms with Crippen molar-refractivity contribution in [3.05, 3.63) is 88.2 Å². The molecular weight excluding hydrogens is 440 g/mol. The third-order valence-corrected chi connectivity index (χ3v) is 6.49. The van der Waals surface area contributed by atoms with E-state index < -0.39 is 17.5 Å². The molecular formula is C25H19ClFNNaO3. The van der Waals surface area contributed by atoms with Gasteiger partial charge in [0.1, 0.15) is 11.6 Å². The second kappa shape index (κ2) is 8.65. The molecule has 1 fully saturated rings. The zero-order valence-corrected chi connectivity index (χ0v) is 20.2. The van der Waals surface area contributed by atoms with Crippen molar-refractivity contribution < 1.29 is 19.4 Å². The number of aliphatic hydroxyl groups excluding tert-OH is 2. The minimum absolute atomic E-state index is 0. The van der Waals surface area contributed by atoms with Gasteiger partial charge in [-0.1, -0.05) is 48.0 Å². The zero-order valence-electron chi connectivity index (χ0n) is 17.5. The van der Waals surface area contributed by atoms with Crippen LogP contribution in [0.2, 0.25) is 5.02 Å². The average Bonchev–Trinajstić information content (AvgIpc) is 3.50. The number of hydrogen-bond donors (Lipinski definition) is 3. The van der Waals surface area contributed by atoms with Crippen molar-refractivity contribution in [3.8, 4) is 11.1 Å². The maximum atomic E-state index is 14.2. The van der Waals surface area contributed by atoms with Crippen molar-refractivity contribution in [2.45, 2.75) is 18.3 Å². The van der Waals surface area contributed by atoms with Gasteiger partial charge in [-0.2, -0.15) is 0 Å². The van der Waals surface area contributed by atoms with Crippen molar-refractivity contribution in [3.63, 3.8) is 0 Å². The molecule has 4 nitrogen and oxygen atoms in total. The van der Waals surface area contributed by atoms with Gasteiger partial charge >= 0.3 is 0 Å². The van der Waals surface area contributed by atoms with Crippen molar-refractivity contribution in [2.75, 3.05) is 11.9 Å². The minimum Gasteiger partial charge on any atom is -0.506 e. The van der Waals surface area contributed by atoms with E-state index in [2.05, 4.69) is 5.32 Å². The van der Waals surface area contributed by atoms with Gasteiger partial charge in [0.25, 0.3) is 5.91 Å². The van der Waals surface area contributed by atoms with Gasteiger partial charge in [-0.05, 0) is 48.2 Å². The summed E-state index contributed by atoms with van der Waals surface area (Å²) >= 11 is 6.50. The predicted molar refractivity (Wildman–Crippen MR) is 125 cm³/mol. The van der Waals surface area contributed by atoms with Gasteiger partial charge in [0.2, 0.25) is 0 Å². The molecule has 5 rings (SSSR count). The molecule has 1 heterocycles. The third-order valence-electron chi connectivity index (χ3n) is 6.18. The summed E-state index contributed by atoms with van der Waals surface area (Å²) in [4.78, 5) is 12.6. The first-order chi connectivity index (χ1) is 14.9. The molecule has 2 aliphatic rings. The standard InChI is InChI=1S/C25H19ClFNO3.Na/c26-19-12-21-18(22(24(31)28-21)23(30)16-3-1-2-4-20(16)27)11-17(19)14-5-7-15(8-6-14)25(13-29)9-10-25;/h1-8,11-12,29-30H,9-10,13H2,(H,28,31);. The first-order valence-corrected chi connectivity index (χ1v) is 10.4. The van der Waals surface area contributed by atoms with Crippen LogP contribution in [0.5, 0.6) is 0 Å². The van der Waals surface area contributed by atoms with Crippen molar-refractivity contribution >= 4 is 64.1 Å². The fraction of sp³-hybridized carbons (Fsp3) is 0.160. The smallest absolute Gasteiger partial charge is 0.260 e. The summed E-state index contributed by atoms with van der Waals surface area (Å²) in [5, 5.41) is 23.5. The summed E-state index contributed by atoms with van der Waals surface area (Å²) in [7, 11) is 0. The van der Waals surface area contributed by atoms with Crippen molar-refractivity contribution in [1.29, 1.82) is 0 Å². The zero-order chi connectivity index (χ0) is 21.8. The number of benzene rings is 3. The van der Waals surface area contributed by atoms with Crippen LogP contribution >= 0.6 is 11.6 Å². The number of fused-ring (bicyclic) bond motifs is 1. The number of anilines is 1. The summed E-state index contributed by atoms with van der Waals surface area (Å²) in [6.45, 7) is 0.128. The molecule has 0 aromatic heterocycles. The van der Waals surface area contributed by atoms with Crippen LogP contribution < -0.4 is 5.32 Å². The van der Waals surface area contributed by atoms with Gasteiger partial charge in [0.15, 0.2) is 0 Å². The van der Waals surface area contributed by atoms with E-state index in [1.165, 1.54) is 18.2 Å². The van der Waals surface area contributed by atoms with Crippen LogP contribution in [0.1, 0.15) is 29.5 Å². The summed E-state index contributed by atoms with van der Waals surface area (Å²) in [5.74, 6) is -1.55. The molecule has 32 heavy (non-hydrogen) atoms. The maximum absolute atomic E-state index is 14.2. The van der Waals surface area contributed by atoms with Crippen LogP contribution in [-0.2, 0) is 10.2 Å². The molecule has 1 amide bonds. The van der Waals surface area contributed by atoms with Crippen LogP contribution in [0.15, 0.2) is 60.7 Å². The summed E-state index contributed by atoms with van der Waals surface area (Å²) in [6.07, 6.45) is 1.94. The summed E-state index contributed by atoms with van der Waals surface area (Å²) in [6, 6.07) is 17.0. The molecule has 157 valence electrons. The number of carbonyl (C=O) groups excluding carboxylic acids is 1. The molecule has 3 aromatic carbocycles. The van der Waals surface area contributed by atoms with Crippen molar-refractivity contribution in [1.82, 2.24) is 0 Å². The fourth-order valence-electron chi connectivity index (χ4n) is 4.13. The number of amides is 1. The number of halogens is 2. The fourth-order valence-corrected chi connectivity index (χ4v) is 4.40. The van der Waals surface area contributed by atoms with Crippen molar-refractivity contribution in [2.24, 2.45) is 0 Å². The normalized spacial score (nSPS) is 17.3. The van der Waals surface area contributed by atoms with Gasteiger partial charge in [-0.25, -0.2) is 4.39 Å². The molecule has 3 N–H and O–H groups in total. The average molecular weight is 459 g/mol. The molecule has 3 aromatic rings. The van der Waals surface area contributed by atoms with Crippen LogP contribution in [0.3, 0.4) is 0 Å². The number of aliphatic hydroxyl groups is 2. The molecule has 0 spiro atoms. The van der Waals surface area contributed by atoms with Gasteiger partial charge in [-0.15, -0.1) is 0 Å². The predicted octanol–water partition coefficient (Wildman–Crippen LogP) is 5.17. The number of nitrogens with one attached hydrogen (secondary N) is 1. The van der Waals surface area contributed by atoms with E-state index in [9.17, 15) is 19.4 Å². The topological polar surface area (TPSA) is 69.6 Å². The Morgan fingerprint density at radius 2 is 1.75 bits per heavy atom. The Hall–Kier alpha value is -2.15. The SMILES string of the molecule is O=C1Nc2cc(Cl)c(-c3ccc(C4(CO)CC4)cc3)cc2C1=C(O)c1ccccc1F.[Na]. The van der Waals surface area contributed by atoms with Crippen LogP contribution in [0, 0.1) is 5.82 Å². The molecule has 1 aliphatic carbocycles. The Kier molecular flexibility index (Phi) is 6.23.